The highest BCUT2D eigenvalue weighted by atomic mass is 35.5. The minimum atomic E-state index is -0.183. The molecule has 1 heterocycles. The SMILES string of the molecule is C#CCCC(=O)Nc1cc(Cl)ncn1. The summed E-state index contributed by atoms with van der Waals surface area (Å²) in [6.45, 7) is 0. The van der Waals surface area contributed by atoms with E-state index in [0.29, 0.717) is 12.2 Å². The van der Waals surface area contributed by atoms with Crippen molar-refractivity contribution in [3.63, 3.8) is 0 Å². The summed E-state index contributed by atoms with van der Waals surface area (Å²) >= 11 is 5.60. The van der Waals surface area contributed by atoms with Crippen molar-refractivity contribution in [3.8, 4) is 12.3 Å². The molecule has 0 fully saturated rings. The molecule has 4 nitrogen and oxygen atoms in total. The smallest absolute Gasteiger partial charge is 0.226 e. The van der Waals surface area contributed by atoms with Gasteiger partial charge in [0.15, 0.2) is 0 Å². The minimum Gasteiger partial charge on any atom is -0.311 e. The van der Waals surface area contributed by atoms with Crippen LogP contribution in [0.25, 0.3) is 0 Å². The van der Waals surface area contributed by atoms with Gasteiger partial charge in [-0.3, -0.25) is 4.79 Å². The lowest BCUT2D eigenvalue weighted by Crippen LogP contribution is -2.11. The van der Waals surface area contributed by atoms with Crippen LogP contribution < -0.4 is 5.32 Å². The Morgan fingerprint density at radius 2 is 2.43 bits per heavy atom. The monoisotopic (exact) mass is 209 g/mol. The second-order valence-corrected chi connectivity index (χ2v) is 2.87. The van der Waals surface area contributed by atoms with E-state index in [9.17, 15) is 4.79 Å². The number of halogens is 1. The van der Waals surface area contributed by atoms with Crippen molar-refractivity contribution in [2.24, 2.45) is 0 Å². The second kappa shape index (κ2) is 5.20. The average Bonchev–Trinajstić information content (AvgIpc) is 2.15. The van der Waals surface area contributed by atoms with Gasteiger partial charge in [-0.05, 0) is 0 Å². The van der Waals surface area contributed by atoms with Gasteiger partial charge in [-0.2, -0.15) is 0 Å². The van der Waals surface area contributed by atoms with Crippen LogP contribution in [0.2, 0.25) is 5.15 Å². The van der Waals surface area contributed by atoms with Crippen molar-refractivity contribution in [3.05, 3.63) is 17.5 Å². The summed E-state index contributed by atoms with van der Waals surface area (Å²) in [6.07, 6.45) is 6.98. The Balaban J connectivity index is 2.53. The first kappa shape index (κ1) is 10.5. The molecule has 14 heavy (non-hydrogen) atoms. The summed E-state index contributed by atoms with van der Waals surface area (Å²) in [5.74, 6) is 2.57. The van der Waals surface area contributed by atoms with E-state index in [-0.39, 0.29) is 17.5 Å². The third-order valence-electron chi connectivity index (χ3n) is 1.40. The number of amides is 1. The Morgan fingerprint density at radius 1 is 1.64 bits per heavy atom. The van der Waals surface area contributed by atoms with Crippen molar-refractivity contribution in [2.75, 3.05) is 5.32 Å². The van der Waals surface area contributed by atoms with Gasteiger partial charge in [-0.1, -0.05) is 11.6 Å². The third kappa shape index (κ3) is 3.42. The van der Waals surface area contributed by atoms with Gasteiger partial charge in [-0.25, -0.2) is 9.97 Å². The molecule has 1 rings (SSSR count). The Bertz CT molecular complexity index is 373. The van der Waals surface area contributed by atoms with E-state index in [1.165, 1.54) is 12.4 Å². The number of terminal acetylenes is 1. The lowest BCUT2D eigenvalue weighted by molar-refractivity contribution is -0.116. The molecule has 0 saturated heterocycles. The van der Waals surface area contributed by atoms with Gasteiger partial charge in [-0.15, -0.1) is 12.3 Å². The Kier molecular flexibility index (Phi) is 3.89. The summed E-state index contributed by atoms with van der Waals surface area (Å²) in [4.78, 5) is 18.7. The molecule has 0 atom stereocenters. The molecular formula is C9H8ClN3O. The number of anilines is 1. The van der Waals surface area contributed by atoms with E-state index in [0.717, 1.165) is 0 Å². The molecule has 0 spiro atoms. The molecule has 0 saturated carbocycles. The van der Waals surface area contributed by atoms with Crippen LogP contribution in [-0.4, -0.2) is 15.9 Å². The largest absolute Gasteiger partial charge is 0.311 e. The van der Waals surface area contributed by atoms with E-state index in [2.05, 4.69) is 21.2 Å². The molecule has 0 aromatic carbocycles. The fourth-order valence-electron chi connectivity index (χ4n) is 0.793. The highest BCUT2D eigenvalue weighted by Gasteiger charge is 2.02. The van der Waals surface area contributed by atoms with E-state index in [4.69, 9.17) is 18.0 Å². The van der Waals surface area contributed by atoms with Crippen LogP contribution in [0.15, 0.2) is 12.4 Å². The molecule has 0 radical (unpaired) electrons. The zero-order valence-electron chi connectivity index (χ0n) is 7.33. The Morgan fingerprint density at radius 3 is 3.07 bits per heavy atom. The molecule has 0 bridgehead atoms. The predicted molar refractivity (Wildman–Crippen MR) is 53.7 cm³/mol. The number of aromatic nitrogens is 2. The summed E-state index contributed by atoms with van der Waals surface area (Å²) < 4.78 is 0. The van der Waals surface area contributed by atoms with Gasteiger partial charge < -0.3 is 5.32 Å². The number of hydrogen-bond acceptors (Lipinski definition) is 3. The number of hydrogen-bond donors (Lipinski definition) is 1. The number of carbonyl (C=O) groups is 1. The lowest BCUT2D eigenvalue weighted by Gasteiger charge is -2.01. The number of nitrogens with zero attached hydrogens (tertiary/aromatic N) is 2. The topological polar surface area (TPSA) is 54.9 Å². The molecule has 0 aliphatic carbocycles. The van der Waals surface area contributed by atoms with Crippen molar-refractivity contribution < 1.29 is 4.79 Å². The highest BCUT2D eigenvalue weighted by molar-refractivity contribution is 6.29. The van der Waals surface area contributed by atoms with Crippen LogP contribution in [0.1, 0.15) is 12.8 Å². The van der Waals surface area contributed by atoms with E-state index in [1.54, 1.807) is 0 Å². The number of nitrogens with one attached hydrogen (secondary N) is 1. The van der Waals surface area contributed by atoms with Gasteiger partial charge in [0.1, 0.15) is 17.3 Å². The molecular weight excluding hydrogens is 202 g/mol. The van der Waals surface area contributed by atoms with E-state index < -0.39 is 0 Å². The molecule has 0 unspecified atom stereocenters. The summed E-state index contributed by atoms with van der Waals surface area (Å²) in [5.41, 5.74) is 0. The average molecular weight is 210 g/mol. The molecule has 1 aromatic rings. The van der Waals surface area contributed by atoms with Crippen LogP contribution >= 0.6 is 11.6 Å². The predicted octanol–water partition coefficient (Wildman–Crippen LogP) is 1.48. The first-order chi connectivity index (χ1) is 6.72. The van der Waals surface area contributed by atoms with Crippen LogP contribution in [0.5, 0.6) is 0 Å². The number of carbonyl (C=O) groups excluding carboxylic acids is 1. The van der Waals surface area contributed by atoms with Gasteiger partial charge in [0.05, 0.1) is 0 Å². The minimum absolute atomic E-state index is 0.183. The van der Waals surface area contributed by atoms with E-state index in [1.807, 2.05) is 0 Å². The van der Waals surface area contributed by atoms with Crippen molar-refractivity contribution in [1.29, 1.82) is 0 Å². The Labute approximate surface area is 86.7 Å². The van der Waals surface area contributed by atoms with Gasteiger partial charge in [0.25, 0.3) is 0 Å². The van der Waals surface area contributed by atoms with Gasteiger partial charge in [0.2, 0.25) is 5.91 Å². The van der Waals surface area contributed by atoms with Crippen molar-refractivity contribution in [1.82, 2.24) is 9.97 Å². The van der Waals surface area contributed by atoms with Crippen LogP contribution in [0.3, 0.4) is 0 Å². The molecule has 0 aliphatic rings. The maximum atomic E-state index is 11.2. The van der Waals surface area contributed by atoms with Crippen LogP contribution in [0, 0.1) is 12.3 Å². The zero-order chi connectivity index (χ0) is 10.4. The summed E-state index contributed by atoms with van der Waals surface area (Å²) in [5, 5.41) is 2.83. The standard InChI is InChI=1S/C9H8ClN3O/c1-2-3-4-9(14)13-8-5-7(10)11-6-12-8/h1,5-6H,3-4H2,(H,11,12,13,14). The molecule has 5 heteroatoms. The molecule has 72 valence electrons. The first-order valence-corrected chi connectivity index (χ1v) is 4.31. The highest BCUT2D eigenvalue weighted by Crippen LogP contribution is 2.08. The van der Waals surface area contributed by atoms with Gasteiger partial charge in [0, 0.05) is 18.9 Å². The lowest BCUT2D eigenvalue weighted by atomic mass is 10.3. The second-order valence-electron chi connectivity index (χ2n) is 2.48. The number of rotatable bonds is 3. The van der Waals surface area contributed by atoms with Crippen molar-refractivity contribution >= 4 is 23.3 Å². The van der Waals surface area contributed by atoms with E-state index >= 15 is 0 Å². The van der Waals surface area contributed by atoms with Crippen molar-refractivity contribution in [2.45, 2.75) is 12.8 Å². The fraction of sp³-hybridized carbons (Fsp3) is 0.222. The van der Waals surface area contributed by atoms with Gasteiger partial charge >= 0.3 is 0 Å². The quantitative estimate of drug-likeness (QED) is 0.606. The summed E-state index contributed by atoms with van der Waals surface area (Å²) in [6, 6.07) is 1.47. The molecule has 1 amide bonds. The molecule has 1 N–H and O–H groups in total. The zero-order valence-corrected chi connectivity index (χ0v) is 8.08. The fourth-order valence-corrected chi connectivity index (χ4v) is 0.940. The molecule has 0 aliphatic heterocycles. The summed E-state index contributed by atoms with van der Waals surface area (Å²) in [7, 11) is 0. The maximum absolute atomic E-state index is 11.2. The third-order valence-corrected chi connectivity index (χ3v) is 1.60. The first-order valence-electron chi connectivity index (χ1n) is 3.93. The van der Waals surface area contributed by atoms with Crippen LogP contribution in [0.4, 0.5) is 5.82 Å². The molecule has 1 aromatic heterocycles. The maximum Gasteiger partial charge on any atom is 0.226 e. The van der Waals surface area contributed by atoms with Crippen LogP contribution in [-0.2, 0) is 4.79 Å². The Hall–Kier alpha value is -1.60. The normalized spacial score (nSPS) is 9.14.